The van der Waals surface area contributed by atoms with Crippen molar-refractivity contribution in [3.63, 3.8) is 0 Å². The van der Waals surface area contributed by atoms with Gasteiger partial charge in [0.05, 0.1) is 12.2 Å². The zero-order chi connectivity index (χ0) is 13.5. The highest BCUT2D eigenvalue weighted by Crippen LogP contribution is 2.05. The van der Waals surface area contributed by atoms with Crippen molar-refractivity contribution < 1.29 is 14.3 Å². The molecule has 19 heavy (non-hydrogen) atoms. The second kappa shape index (κ2) is 6.50. The van der Waals surface area contributed by atoms with Crippen LogP contribution in [0.1, 0.15) is 27.1 Å². The van der Waals surface area contributed by atoms with Crippen LogP contribution in [-0.4, -0.2) is 18.4 Å². The van der Waals surface area contributed by atoms with Gasteiger partial charge in [0.15, 0.2) is 5.78 Å². The number of ether oxygens (including phenoxy) is 1. The molecule has 0 atom stereocenters. The van der Waals surface area contributed by atoms with Crippen molar-refractivity contribution in [2.75, 3.05) is 6.61 Å². The summed E-state index contributed by atoms with van der Waals surface area (Å²) in [6.07, 6.45) is 0.197. The van der Waals surface area contributed by atoms with E-state index in [1.165, 1.54) is 0 Å². The fraction of sp³-hybridized carbons (Fsp3) is 0.125. The predicted octanol–water partition coefficient (Wildman–Crippen LogP) is 3.12. The highest BCUT2D eigenvalue weighted by Gasteiger charge is 2.09. The Hall–Kier alpha value is -2.42. The lowest BCUT2D eigenvalue weighted by Crippen LogP contribution is -2.10. The number of carbonyl (C=O) groups is 2. The van der Waals surface area contributed by atoms with E-state index in [0.717, 1.165) is 0 Å². The average molecular weight is 254 g/mol. The van der Waals surface area contributed by atoms with Crippen LogP contribution < -0.4 is 0 Å². The number of hydrogen-bond acceptors (Lipinski definition) is 3. The second-order valence-electron chi connectivity index (χ2n) is 4.04. The van der Waals surface area contributed by atoms with Crippen LogP contribution in [0.5, 0.6) is 0 Å². The van der Waals surface area contributed by atoms with Crippen molar-refractivity contribution in [2.45, 2.75) is 6.42 Å². The van der Waals surface area contributed by atoms with E-state index in [4.69, 9.17) is 4.74 Å². The second-order valence-corrected chi connectivity index (χ2v) is 4.04. The molecule has 0 spiro atoms. The Kier molecular flexibility index (Phi) is 4.45. The van der Waals surface area contributed by atoms with E-state index in [1.54, 1.807) is 36.4 Å². The summed E-state index contributed by atoms with van der Waals surface area (Å²) in [7, 11) is 0. The molecule has 0 unspecified atom stereocenters. The minimum Gasteiger partial charge on any atom is -0.462 e. The van der Waals surface area contributed by atoms with Gasteiger partial charge in [0, 0.05) is 12.0 Å². The molecule has 0 aliphatic rings. The quantitative estimate of drug-likeness (QED) is 0.608. The molecule has 2 aromatic rings. The lowest BCUT2D eigenvalue weighted by Gasteiger charge is -2.04. The third-order valence-electron chi connectivity index (χ3n) is 2.67. The number of rotatable bonds is 5. The summed E-state index contributed by atoms with van der Waals surface area (Å²) in [5.74, 6) is -0.428. The molecule has 0 bridgehead atoms. The van der Waals surface area contributed by atoms with Gasteiger partial charge in [-0.1, -0.05) is 48.5 Å². The molecular formula is C16H14O3. The van der Waals surface area contributed by atoms with Crippen molar-refractivity contribution in [3.05, 3.63) is 71.8 Å². The van der Waals surface area contributed by atoms with E-state index in [0.29, 0.717) is 11.1 Å². The first-order valence-corrected chi connectivity index (χ1v) is 6.08. The highest BCUT2D eigenvalue weighted by atomic mass is 16.5. The van der Waals surface area contributed by atoms with Gasteiger partial charge in [-0.15, -0.1) is 0 Å². The summed E-state index contributed by atoms with van der Waals surface area (Å²) in [4.78, 5) is 23.4. The molecule has 0 fully saturated rings. The van der Waals surface area contributed by atoms with E-state index in [9.17, 15) is 9.59 Å². The maximum absolute atomic E-state index is 11.8. The number of carbonyl (C=O) groups excluding carboxylic acids is 2. The Morgan fingerprint density at radius 1 is 0.789 bits per heavy atom. The molecule has 0 aliphatic carbocycles. The van der Waals surface area contributed by atoms with Gasteiger partial charge >= 0.3 is 5.97 Å². The first-order valence-electron chi connectivity index (χ1n) is 6.08. The van der Waals surface area contributed by atoms with Crippen molar-refractivity contribution in [1.82, 2.24) is 0 Å². The standard InChI is InChI=1S/C16H14O3/c17-15(13-7-3-1-4-8-13)11-12-19-16(18)14-9-5-2-6-10-14/h1-10H,11-12H2. The normalized spacial score (nSPS) is 9.89. The number of hydrogen-bond donors (Lipinski definition) is 0. The number of ketones is 1. The zero-order valence-electron chi connectivity index (χ0n) is 10.4. The van der Waals surface area contributed by atoms with Crippen LogP contribution in [0.4, 0.5) is 0 Å². The van der Waals surface area contributed by atoms with Crippen LogP contribution in [0.2, 0.25) is 0 Å². The third kappa shape index (κ3) is 3.78. The maximum Gasteiger partial charge on any atom is 0.338 e. The van der Waals surface area contributed by atoms with Gasteiger partial charge in [-0.05, 0) is 12.1 Å². The molecule has 0 aromatic heterocycles. The van der Waals surface area contributed by atoms with Gasteiger partial charge in [0.1, 0.15) is 0 Å². The van der Waals surface area contributed by atoms with Crippen LogP contribution in [0, 0.1) is 0 Å². The molecule has 0 saturated heterocycles. The van der Waals surface area contributed by atoms with Crippen LogP contribution in [0.15, 0.2) is 60.7 Å². The van der Waals surface area contributed by atoms with Gasteiger partial charge in [-0.3, -0.25) is 4.79 Å². The molecule has 0 heterocycles. The Bertz CT molecular complexity index is 495. The van der Waals surface area contributed by atoms with Crippen molar-refractivity contribution in [2.24, 2.45) is 0 Å². The molecule has 96 valence electrons. The van der Waals surface area contributed by atoms with Gasteiger partial charge in [0.2, 0.25) is 0 Å². The third-order valence-corrected chi connectivity index (χ3v) is 2.67. The average Bonchev–Trinajstić information content (AvgIpc) is 2.49. The smallest absolute Gasteiger partial charge is 0.338 e. The molecular weight excluding hydrogens is 240 g/mol. The van der Waals surface area contributed by atoms with E-state index in [1.807, 2.05) is 24.3 Å². The zero-order valence-corrected chi connectivity index (χ0v) is 10.4. The van der Waals surface area contributed by atoms with Gasteiger partial charge in [-0.2, -0.15) is 0 Å². The molecule has 0 N–H and O–H groups in total. The number of Topliss-reactive ketones (excluding diaryl/α,β-unsaturated/α-hetero) is 1. The summed E-state index contributed by atoms with van der Waals surface area (Å²) in [5.41, 5.74) is 1.13. The summed E-state index contributed by atoms with van der Waals surface area (Å²) in [6.45, 7) is 0.0987. The minimum atomic E-state index is -0.401. The minimum absolute atomic E-state index is 0.0264. The molecule has 0 saturated carbocycles. The summed E-state index contributed by atoms with van der Waals surface area (Å²) in [6, 6.07) is 17.7. The lowest BCUT2D eigenvalue weighted by molar-refractivity contribution is 0.0496. The summed E-state index contributed by atoms with van der Waals surface area (Å²) < 4.78 is 5.06. The van der Waals surface area contributed by atoms with Crippen LogP contribution in [-0.2, 0) is 4.74 Å². The topological polar surface area (TPSA) is 43.4 Å². The van der Waals surface area contributed by atoms with Crippen molar-refractivity contribution in [1.29, 1.82) is 0 Å². The van der Waals surface area contributed by atoms with Crippen LogP contribution in [0.25, 0.3) is 0 Å². The Morgan fingerprint density at radius 2 is 1.32 bits per heavy atom. The molecule has 2 rings (SSSR count). The number of benzene rings is 2. The molecule has 3 heteroatoms. The molecule has 2 aromatic carbocycles. The fourth-order valence-electron chi connectivity index (χ4n) is 1.66. The molecule has 3 nitrogen and oxygen atoms in total. The van der Waals surface area contributed by atoms with Gasteiger partial charge < -0.3 is 4.74 Å². The Labute approximate surface area is 111 Å². The molecule has 0 aliphatic heterocycles. The van der Waals surface area contributed by atoms with E-state index in [2.05, 4.69) is 0 Å². The largest absolute Gasteiger partial charge is 0.462 e. The summed E-state index contributed by atoms with van der Waals surface area (Å²) in [5, 5.41) is 0. The van der Waals surface area contributed by atoms with Crippen LogP contribution >= 0.6 is 0 Å². The van der Waals surface area contributed by atoms with E-state index < -0.39 is 5.97 Å². The van der Waals surface area contributed by atoms with Crippen molar-refractivity contribution in [3.8, 4) is 0 Å². The molecule has 0 amide bonds. The highest BCUT2D eigenvalue weighted by molar-refractivity contribution is 5.96. The predicted molar refractivity (Wildman–Crippen MR) is 72.1 cm³/mol. The van der Waals surface area contributed by atoms with E-state index >= 15 is 0 Å². The van der Waals surface area contributed by atoms with E-state index in [-0.39, 0.29) is 18.8 Å². The maximum atomic E-state index is 11.8. The first kappa shape index (κ1) is 13.0. The summed E-state index contributed by atoms with van der Waals surface area (Å²) >= 11 is 0. The Balaban J connectivity index is 1.81. The van der Waals surface area contributed by atoms with Gasteiger partial charge in [0.25, 0.3) is 0 Å². The SMILES string of the molecule is O=C(CCOC(=O)c1ccccc1)c1ccccc1. The lowest BCUT2D eigenvalue weighted by atomic mass is 10.1. The van der Waals surface area contributed by atoms with Crippen molar-refractivity contribution >= 4 is 11.8 Å². The fourth-order valence-corrected chi connectivity index (χ4v) is 1.66. The van der Waals surface area contributed by atoms with Gasteiger partial charge in [-0.25, -0.2) is 4.79 Å². The van der Waals surface area contributed by atoms with Crippen LogP contribution in [0.3, 0.4) is 0 Å². The molecule has 0 radical (unpaired) electrons. The first-order chi connectivity index (χ1) is 9.27. The monoisotopic (exact) mass is 254 g/mol. The number of esters is 1. The Morgan fingerprint density at radius 3 is 1.89 bits per heavy atom.